The predicted octanol–water partition coefficient (Wildman–Crippen LogP) is 4.01. The molecule has 0 bridgehead atoms. The minimum atomic E-state index is 0.624. The van der Waals surface area contributed by atoms with Crippen molar-refractivity contribution in [3.05, 3.63) is 77.5 Å². The highest BCUT2D eigenvalue weighted by molar-refractivity contribution is 6.30. The molecule has 6 nitrogen and oxygen atoms in total. The van der Waals surface area contributed by atoms with Crippen LogP contribution in [0.25, 0.3) is 16.9 Å². The maximum atomic E-state index is 6.07. The van der Waals surface area contributed by atoms with E-state index in [0.29, 0.717) is 11.4 Å². The van der Waals surface area contributed by atoms with Gasteiger partial charge in [0.15, 0.2) is 0 Å². The Morgan fingerprint density at radius 3 is 2.66 bits per heavy atom. The highest BCUT2D eigenvalue weighted by Crippen LogP contribution is 2.27. The maximum absolute atomic E-state index is 6.07. The normalized spacial score (nSPS) is 11.3. The van der Waals surface area contributed by atoms with Crippen LogP contribution >= 0.6 is 11.6 Å². The summed E-state index contributed by atoms with van der Waals surface area (Å²) in [4.78, 5) is 16.1. The molecule has 7 heteroatoms. The standard InChI is InChI=1S/C22H23ClN6/c1-28(2)12-10-25-20-15-24-14-18(26-20)13-19-22(16-6-8-17(23)9-7-16)27-21-5-3-4-11-29(19)21/h3-9,11,14-15H,10,12-13H2,1-2H3,(H,25,26). The lowest BCUT2D eigenvalue weighted by Gasteiger charge is -2.11. The van der Waals surface area contributed by atoms with Crippen molar-refractivity contribution in [1.82, 2.24) is 24.3 Å². The zero-order chi connectivity index (χ0) is 20.2. The van der Waals surface area contributed by atoms with Crippen molar-refractivity contribution in [2.75, 3.05) is 32.5 Å². The first-order valence-electron chi connectivity index (χ1n) is 9.51. The van der Waals surface area contributed by atoms with Crippen molar-refractivity contribution < 1.29 is 0 Å². The Morgan fingerprint density at radius 2 is 1.86 bits per heavy atom. The first kappa shape index (κ1) is 19.4. The van der Waals surface area contributed by atoms with Crippen LogP contribution in [-0.2, 0) is 6.42 Å². The molecule has 1 N–H and O–H groups in total. The quantitative estimate of drug-likeness (QED) is 0.502. The molecule has 0 amide bonds. The first-order chi connectivity index (χ1) is 14.1. The average molecular weight is 407 g/mol. The van der Waals surface area contributed by atoms with Crippen LogP contribution in [0.3, 0.4) is 0 Å². The molecule has 0 fully saturated rings. The predicted molar refractivity (Wildman–Crippen MR) is 118 cm³/mol. The molecule has 3 heterocycles. The summed E-state index contributed by atoms with van der Waals surface area (Å²) in [6.07, 6.45) is 6.22. The molecule has 0 saturated carbocycles. The zero-order valence-electron chi connectivity index (χ0n) is 16.5. The molecular formula is C22H23ClN6. The van der Waals surface area contributed by atoms with Gasteiger partial charge in [-0.3, -0.25) is 4.98 Å². The second-order valence-electron chi connectivity index (χ2n) is 7.15. The van der Waals surface area contributed by atoms with Crippen molar-refractivity contribution in [2.45, 2.75) is 6.42 Å². The fourth-order valence-corrected chi connectivity index (χ4v) is 3.34. The van der Waals surface area contributed by atoms with Gasteiger partial charge in [-0.25, -0.2) is 9.97 Å². The Hall–Kier alpha value is -2.96. The minimum absolute atomic E-state index is 0.624. The number of halogens is 1. The Labute approximate surface area is 175 Å². The zero-order valence-corrected chi connectivity index (χ0v) is 17.3. The largest absolute Gasteiger partial charge is 0.368 e. The number of pyridine rings is 1. The molecule has 29 heavy (non-hydrogen) atoms. The number of nitrogens with one attached hydrogen (secondary N) is 1. The van der Waals surface area contributed by atoms with Crippen LogP contribution in [0.5, 0.6) is 0 Å². The topological polar surface area (TPSA) is 58.3 Å². The van der Waals surface area contributed by atoms with Gasteiger partial charge in [-0.1, -0.05) is 29.8 Å². The minimum Gasteiger partial charge on any atom is -0.368 e. The number of imidazole rings is 1. The summed E-state index contributed by atoms with van der Waals surface area (Å²) in [6.45, 7) is 1.75. The molecule has 0 aliphatic heterocycles. The highest BCUT2D eigenvalue weighted by atomic mass is 35.5. The van der Waals surface area contributed by atoms with Crippen molar-refractivity contribution in [1.29, 1.82) is 0 Å². The number of benzene rings is 1. The van der Waals surface area contributed by atoms with Gasteiger partial charge in [0, 0.05) is 42.5 Å². The molecule has 0 atom stereocenters. The number of nitrogens with zero attached hydrogens (tertiary/aromatic N) is 5. The number of hydrogen-bond donors (Lipinski definition) is 1. The lowest BCUT2D eigenvalue weighted by Crippen LogP contribution is -2.21. The van der Waals surface area contributed by atoms with Crippen molar-refractivity contribution in [3.63, 3.8) is 0 Å². The van der Waals surface area contributed by atoms with Crippen LogP contribution in [0.2, 0.25) is 5.02 Å². The van der Waals surface area contributed by atoms with E-state index in [1.165, 1.54) is 0 Å². The fourth-order valence-electron chi connectivity index (χ4n) is 3.21. The summed E-state index contributed by atoms with van der Waals surface area (Å²) in [7, 11) is 4.10. The molecular weight excluding hydrogens is 384 g/mol. The lowest BCUT2D eigenvalue weighted by molar-refractivity contribution is 0.425. The van der Waals surface area contributed by atoms with Crippen LogP contribution in [0.4, 0.5) is 5.82 Å². The van der Waals surface area contributed by atoms with Gasteiger partial charge in [-0.15, -0.1) is 0 Å². The smallest absolute Gasteiger partial charge is 0.144 e. The molecule has 0 spiro atoms. The van der Waals surface area contributed by atoms with E-state index < -0.39 is 0 Å². The summed E-state index contributed by atoms with van der Waals surface area (Å²) in [5, 5.41) is 4.04. The summed E-state index contributed by atoms with van der Waals surface area (Å²) in [5.74, 6) is 0.784. The molecule has 0 saturated heterocycles. The Bertz CT molecular complexity index is 1100. The molecule has 4 rings (SSSR count). The Morgan fingerprint density at radius 1 is 1.03 bits per heavy atom. The number of likely N-dealkylation sites (N-methyl/N-ethyl adjacent to an activating group) is 1. The molecule has 0 aliphatic rings. The second-order valence-corrected chi connectivity index (χ2v) is 7.58. The van der Waals surface area contributed by atoms with E-state index in [4.69, 9.17) is 21.6 Å². The van der Waals surface area contributed by atoms with Crippen LogP contribution in [0.15, 0.2) is 61.1 Å². The number of aromatic nitrogens is 4. The third-order valence-corrected chi connectivity index (χ3v) is 4.90. The van der Waals surface area contributed by atoms with Crippen molar-refractivity contribution >= 4 is 23.1 Å². The van der Waals surface area contributed by atoms with E-state index in [2.05, 4.69) is 19.6 Å². The number of hydrogen-bond acceptors (Lipinski definition) is 5. The SMILES string of the molecule is CN(C)CCNc1cncc(Cc2c(-c3ccc(Cl)cc3)nc3ccccn23)n1. The summed E-state index contributed by atoms with van der Waals surface area (Å²) in [5.41, 5.74) is 4.83. The third-order valence-electron chi connectivity index (χ3n) is 4.64. The molecule has 1 aromatic carbocycles. The van der Waals surface area contributed by atoms with Gasteiger partial charge in [0.1, 0.15) is 11.5 Å². The Balaban J connectivity index is 1.67. The van der Waals surface area contributed by atoms with E-state index in [1.807, 2.05) is 69.0 Å². The van der Waals surface area contributed by atoms with Crippen LogP contribution < -0.4 is 5.32 Å². The molecule has 148 valence electrons. The van der Waals surface area contributed by atoms with E-state index in [0.717, 1.165) is 47.2 Å². The summed E-state index contributed by atoms with van der Waals surface area (Å²) >= 11 is 6.07. The number of anilines is 1. The summed E-state index contributed by atoms with van der Waals surface area (Å²) < 4.78 is 2.11. The van der Waals surface area contributed by atoms with Crippen molar-refractivity contribution in [2.24, 2.45) is 0 Å². The summed E-state index contributed by atoms with van der Waals surface area (Å²) in [6, 6.07) is 13.8. The molecule has 0 unspecified atom stereocenters. The average Bonchev–Trinajstić information content (AvgIpc) is 3.07. The lowest BCUT2D eigenvalue weighted by atomic mass is 10.1. The fraction of sp³-hybridized carbons (Fsp3) is 0.227. The van der Waals surface area contributed by atoms with Crippen LogP contribution in [-0.4, -0.2) is 51.4 Å². The molecule has 3 aromatic heterocycles. The first-order valence-corrected chi connectivity index (χ1v) is 9.89. The van der Waals surface area contributed by atoms with Gasteiger partial charge in [0.05, 0.1) is 23.3 Å². The second kappa shape index (κ2) is 8.59. The number of fused-ring (bicyclic) bond motifs is 1. The van der Waals surface area contributed by atoms with Gasteiger partial charge in [-0.05, 0) is 38.4 Å². The highest BCUT2D eigenvalue weighted by Gasteiger charge is 2.15. The van der Waals surface area contributed by atoms with E-state index in [9.17, 15) is 0 Å². The van der Waals surface area contributed by atoms with Crippen LogP contribution in [0.1, 0.15) is 11.4 Å². The van der Waals surface area contributed by atoms with E-state index in [-0.39, 0.29) is 0 Å². The van der Waals surface area contributed by atoms with Crippen molar-refractivity contribution in [3.8, 4) is 11.3 Å². The molecule has 4 aromatic rings. The van der Waals surface area contributed by atoms with Crippen LogP contribution in [0, 0.1) is 0 Å². The van der Waals surface area contributed by atoms with Gasteiger partial charge < -0.3 is 14.6 Å². The molecule has 0 aliphatic carbocycles. The van der Waals surface area contributed by atoms with Gasteiger partial charge in [-0.2, -0.15) is 0 Å². The molecule has 0 radical (unpaired) electrons. The van der Waals surface area contributed by atoms with Gasteiger partial charge >= 0.3 is 0 Å². The third kappa shape index (κ3) is 4.55. The van der Waals surface area contributed by atoms with Gasteiger partial charge in [0.25, 0.3) is 0 Å². The van der Waals surface area contributed by atoms with E-state index in [1.54, 1.807) is 6.20 Å². The Kier molecular flexibility index (Phi) is 5.74. The monoisotopic (exact) mass is 406 g/mol. The maximum Gasteiger partial charge on any atom is 0.144 e. The van der Waals surface area contributed by atoms with Gasteiger partial charge in [0.2, 0.25) is 0 Å². The van der Waals surface area contributed by atoms with E-state index >= 15 is 0 Å². The number of rotatable bonds is 7.